The zero-order valence-corrected chi connectivity index (χ0v) is 18.1. The summed E-state index contributed by atoms with van der Waals surface area (Å²) >= 11 is 0. The van der Waals surface area contributed by atoms with Gasteiger partial charge < -0.3 is 18.9 Å². The van der Waals surface area contributed by atoms with E-state index in [1.165, 1.54) is 7.11 Å². The van der Waals surface area contributed by atoms with Crippen molar-refractivity contribution in [2.45, 2.75) is 46.0 Å². The summed E-state index contributed by atoms with van der Waals surface area (Å²) in [5.41, 5.74) is 0.933. The Hall–Kier alpha value is -2.38. The lowest BCUT2D eigenvalue weighted by Crippen LogP contribution is -2.56. The van der Waals surface area contributed by atoms with Crippen LogP contribution in [0.25, 0.3) is 0 Å². The number of benzene rings is 1. The van der Waals surface area contributed by atoms with Crippen molar-refractivity contribution in [3.05, 3.63) is 47.7 Å². The quantitative estimate of drug-likeness (QED) is 0.537. The molecular formula is C23H31NO6. The van der Waals surface area contributed by atoms with Gasteiger partial charge >= 0.3 is 12.1 Å². The van der Waals surface area contributed by atoms with Gasteiger partial charge in [-0.15, -0.1) is 0 Å². The summed E-state index contributed by atoms with van der Waals surface area (Å²) in [6.07, 6.45) is 2.58. The standard InChI is InChI=1S/C23H31NO6/c1-22(2)17(14-19(22)23(3)29-12-13-30-23)10-11-18(20(25)27-4)24-21(26)28-15-16-8-6-5-7-9-16/h5-9,11,17,19H,10,12-15H2,1-4H3,(H,24,26)/b18-11-/t17-,19-/m1/s1. The first-order valence-corrected chi connectivity index (χ1v) is 10.3. The second-order valence-corrected chi connectivity index (χ2v) is 8.55. The molecule has 7 nitrogen and oxygen atoms in total. The average Bonchev–Trinajstić information content (AvgIpc) is 3.17. The Morgan fingerprint density at radius 1 is 1.17 bits per heavy atom. The van der Waals surface area contributed by atoms with Crippen molar-refractivity contribution in [1.82, 2.24) is 5.32 Å². The van der Waals surface area contributed by atoms with Crippen LogP contribution in [0.3, 0.4) is 0 Å². The molecule has 1 heterocycles. The van der Waals surface area contributed by atoms with Crippen molar-refractivity contribution in [3.63, 3.8) is 0 Å². The minimum atomic E-state index is -0.693. The molecule has 1 aliphatic heterocycles. The molecule has 30 heavy (non-hydrogen) atoms. The number of nitrogens with one attached hydrogen (secondary N) is 1. The number of allylic oxidation sites excluding steroid dienone is 1. The number of carbonyl (C=O) groups is 2. The van der Waals surface area contributed by atoms with Crippen LogP contribution >= 0.6 is 0 Å². The molecule has 2 atom stereocenters. The van der Waals surface area contributed by atoms with Crippen LogP contribution in [0.2, 0.25) is 0 Å². The van der Waals surface area contributed by atoms with Crippen LogP contribution in [0.4, 0.5) is 4.79 Å². The molecule has 1 saturated heterocycles. The zero-order valence-electron chi connectivity index (χ0n) is 18.1. The van der Waals surface area contributed by atoms with E-state index < -0.39 is 17.8 Å². The van der Waals surface area contributed by atoms with Gasteiger partial charge in [0.05, 0.1) is 20.3 Å². The monoisotopic (exact) mass is 417 g/mol. The molecule has 0 aromatic heterocycles. The van der Waals surface area contributed by atoms with Crippen LogP contribution in [0.1, 0.15) is 39.2 Å². The van der Waals surface area contributed by atoms with Gasteiger partial charge in [-0.3, -0.25) is 5.32 Å². The number of hydrogen-bond acceptors (Lipinski definition) is 6. The zero-order chi connectivity index (χ0) is 21.8. The highest BCUT2D eigenvalue weighted by Crippen LogP contribution is 2.58. The Balaban J connectivity index is 1.57. The Bertz CT molecular complexity index is 782. The number of esters is 1. The van der Waals surface area contributed by atoms with E-state index >= 15 is 0 Å². The number of alkyl carbamates (subject to hydrolysis) is 1. The van der Waals surface area contributed by atoms with Crippen molar-refractivity contribution in [3.8, 4) is 0 Å². The van der Waals surface area contributed by atoms with E-state index in [4.69, 9.17) is 18.9 Å². The lowest BCUT2D eigenvalue weighted by atomic mass is 9.51. The number of ether oxygens (including phenoxy) is 4. The van der Waals surface area contributed by atoms with Gasteiger partial charge in [-0.1, -0.05) is 50.3 Å². The van der Waals surface area contributed by atoms with E-state index in [1.54, 1.807) is 6.08 Å². The second-order valence-electron chi connectivity index (χ2n) is 8.55. The summed E-state index contributed by atoms with van der Waals surface area (Å²) in [5.74, 6) is -0.547. The first kappa shape index (κ1) is 22.3. The third-order valence-electron chi connectivity index (χ3n) is 6.43. The van der Waals surface area contributed by atoms with E-state index in [-0.39, 0.29) is 23.6 Å². The van der Waals surface area contributed by atoms with E-state index in [9.17, 15) is 9.59 Å². The van der Waals surface area contributed by atoms with Crippen LogP contribution in [0.5, 0.6) is 0 Å². The van der Waals surface area contributed by atoms with Crippen molar-refractivity contribution >= 4 is 12.1 Å². The predicted octanol–water partition coefficient (Wildman–Crippen LogP) is 3.79. The maximum absolute atomic E-state index is 12.2. The van der Waals surface area contributed by atoms with Crippen LogP contribution in [0, 0.1) is 17.3 Å². The Labute approximate surface area is 177 Å². The highest BCUT2D eigenvalue weighted by Gasteiger charge is 2.57. The lowest BCUT2D eigenvalue weighted by Gasteiger charge is -2.57. The van der Waals surface area contributed by atoms with Gasteiger partial charge in [0.1, 0.15) is 12.3 Å². The molecule has 2 aliphatic rings. The van der Waals surface area contributed by atoms with Crippen molar-refractivity contribution in [2.75, 3.05) is 20.3 Å². The molecule has 1 aromatic rings. The minimum absolute atomic E-state index is 0.0232. The largest absolute Gasteiger partial charge is 0.464 e. The van der Waals surface area contributed by atoms with Crippen molar-refractivity contribution < 1.29 is 28.5 Å². The van der Waals surface area contributed by atoms with Crippen LogP contribution < -0.4 is 5.32 Å². The normalized spacial score (nSPS) is 24.6. The van der Waals surface area contributed by atoms with Gasteiger partial charge in [0.2, 0.25) is 0 Å². The van der Waals surface area contributed by atoms with Gasteiger partial charge in [-0.05, 0) is 36.7 Å². The fraction of sp³-hybridized carbons (Fsp3) is 0.565. The highest BCUT2D eigenvalue weighted by molar-refractivity contribution is 5.92. The molecule has 0 bridgehead atoms. The first-order valence-electron chi connectivity index (χ1n) is 10.3. The van der Waals surface area contributed by atoms with E-state index in [0.717, 1.165) is 12.0 Å². The average molecular weight is 418 g/mol. The fourth-order valence-electron chi connectivity index (χ4n) is 4.46. The number of rotatable bonds is 7. The van der Waals surface area contributed by atoms with Gasteiger partial charge in [0.15, 0.2) is 5.79 Å². The predicted molar refractivity (Wildman–Crippen MR) is 110 cm³/mol. The molecular weight excluding hydrogens is 386 g/mol. The van der Waals surface area contributed by atoms with Gasteiger partial charge in [0, 0.05) is 5.92 Å². The Kier molecular flexibility index (Phi) is 6.83. The number of carbonyl (C=O) groups excluding carboxylic acids is 2. The summed E-state index contributed by atoms with van der Waals surface area (Å²) < 4.78 is 21.7. The molecule has 0 radical (unpaired) electrons. The third-order valence-corrected chi connectivity index (χ3v) is 6.43. The molecule has 0 unspecified atom stereocenters. The van der Waals surface area contributed by atoms with E-state index in [0.29, 0.717) is 25.6 Å². The molecule has 1 amide bonds. The van der Waals surface area contributed by atoms with Gasteiger partial charge in [0.25, 0.3) is 0 Å². The molecule has 1 aromatic carbocycles. The molecule has 1 N–H and O–H groups in total. The SMILES string of the molecule is COC(=O)/C(=C/C[C@@H]1C[C@@H](C2(C)OCCO2)C1(C)C)NC(=O)OCc1ccccc1. The van der Waals surface area contributed by atoms with Gasteiger partial charge in [-0.2, -0.15) is 0 Å². The second kappa shape index (κ2) is 9.18. The third kappa shape index (κ3) is 4.84. The summed E-state index contributed by atoms with van der Waals surface area (Å²) in [5, 5.41) is 2.52. The molecule has 164 valence electrons. The Morgan fingerprint density at radius 2 is 1.83 bits per heavy atom. The highest BCUT2D eigenvalue weighted by atomic mass is 16.7. The van der Waals surface area contributed by atoms with Crippen LogP contribution in [0.15, 0.2) is 42.1 Å². The summed E-state index contributed by atoms with van der Waals surface area (Å²) in [4.78, 5) is 24.3. The molecule has 7 heteroatoms. The molecule has 1 saturated carbocycles. The molecule has 0 spiro atoms. The number of hydrogen-bond donors (Lipinski definition) is 1. The maximum atomic E-state index is 12.2. The van der Waals surface area contributed by atoms with E-state index in [2.05, 4.69) is 19.2 Å². The number of methoxy groups -OCH3 is 1. The Morgan fingerprint density at radius 3 is 2.43 bits per heavy atom. The smallest absolute Gasteiger partial charge is 0.412 e. The topological polar surface area (TPSA) is 83.1 Å². The van der Waals surface area contributed by atoms with Crippen molar-refractivity contribution in [2.24, 2.45) is 17.3 Å². The lowest BCUT2D eigenvalue weighted by molar-refractivity contribution is -0.252. The summed E-state index contributed by atoms with van der Waals surface area (Å²) in [7, 11) is 1.28. The van der Waals surface area contributed by atoms with Gasteiger partial charge in [-0.25, -0.2) is 9.59 Å². The van der Waals surface area contributed by atoms with Crippen LogP contribution in [-0.4, -0.2) is 38.2 Å². The summed E-state index contributed by atoms with van der Waals surface area (Å²) in [6.45, 7) is 7.74. The fourth-order valence-corrected chi connectivity index (χ4v) is 4.46. The summed E-state index contributed by atoms with van der Waals surface area (Å²) in [6, 6.07) is 9.34. The molecule has 3 rings (SSSR count). The van der Waals surface area contributed by atoms with Crippen LogP contribution in [-0.2, 0) is 30.3 Å². The van der Waals surface area contributed by atoms with E-state index in [1.807, 2.05) is 37.3 Å². The maximum Gasteiger partial charge on any atom is 0.412 e. The molecule has 1 aliphatic carbocycles. The first-order chi connectivity index (χ1) is 14.3. The molecule has 2 fully saturated rings. The minimum Gasteiger partial charge on any atom is -0.464 e. The van der Waals surface area contributed by atoms with Crippen molar-refractivity contribution in [1.29, 1.82) is 0 Å². The number of amides is 1.